The molecule has 0 unspecified atom stereocenters. The second-order valence-electron chi connectivity index (χ2n) is 4.58. The van der Waals surface area contributed by atoms with E-state index in [9.17, 15) is 4.79 Å². The van der Waals surface area contributed by atoms with E-state index in [4.69, 9.17) is 9.84 Å². The van der Waals surface area contributed by atoms with Gasteiger partial charge in [0.15, 0.2) is 0 Å². The third kappa shape index (κ3) is 3.65. The van der Waals surface area contributed by atoms with E-state index in [2.05, 4.69) is 4.98 Å². The predicted molar refractivity (Wildman–Crippen MR) is 79.0 cm³/mol. The Kier molecular flexibility index (Phi) is 4.87. The molecule has 0 fully saturated rings. The lowest BCUT2D eigenvalue weighted by molar-refractivity contribution is -0.136. The summed E-state index contributed by atoms with van der Waals surface area (Å²) in [6.07, 6.45) is 0.615. The maximum atomic E-state index is 10.7. The van der Waals surface area contributed by atoms with Crippen LogP contribution in [0.15, 0.2) is 24.3 Å². The maximum Gasteiger partial charge on any atom is 0.303 e. The molecule has 0 atom stereocenters. The number of nitrogens with zero attached hydrogens (tertiary/aromatic N) is 1. The highest BCUT2D eigenvalue weighted by Gasteiger charge is 2.13. The quantitative estimate of drug-likeness (QED) is 0.887. The van der Waals surface area contributed by atoms with E-state index < -0.39 is 5.97 Å². The highest BCUT2D eigenvalue weighted by Crippen LogP contribution is 2.29. The predicted octanol–water partition coefficient (Wildman–Crippen LogP) is 3.28. The van der Waals surface area contributed by atoms with E-state index in [-0.39, 0.29) is 6.42 Å². The highest BCUT2D eigenvalue weighted by atomic mass is 32.1. The van der Waals surface area contributed by atoms with Crippen LogP contribution in [0.25, 0.3) is 10.6 Å². The summed E-state index contributed by atoms with van der Waals surface area (Å²) in [5.41, 5.74) is 3.10. The van der Waals surface area contributed by atoms with Gasteiger partial charge >= 0.3 is 5.97 Å². The minimum atomic E-state index is -0.793. The number of methoxy groups -OCH3 is 1. The van der Waals surface area contributed by atoms with Gasteiger partial charge in [-0.25, -0.2) is 4.98 Å². The van der Waals surface area contributed by atoms with Gasteiger partial charge in [0.1, 0.15) is 5.01 Å². The topological polar surface area (TPSA) is 59.4 Å². The molecule has 1 heterocycles. The fraction of sp³-hybridized carbons (Fsp3) is 0.333. The van der Waals surface area contributed by atoms with Crippen LogP contribution in [-0.2, 0) is 22.6 Å². The summed E-state index contributed by atoms with van der Waals surface area (Å²) in [6.45, 7) is 2.46. The molecule has 1 N–H and O–H groups in total. The molecule has 0 aliphatic carbocycles. The van der Waals surface area contributed by atoms with Gasteiger partial charge in [-0.05, 0) is 13.3 Å². The lowest BCUT2D eigenvalue weighted by atomic mass is 10.2. The molecule has 20 heavy (non-hydrogen) atoms. The lowest BCUT2D eigenvalue weighted by Crippen LogP contribution is -1.99. The van der Waals surface area contributed by atoms with E-state index in [1.54, 1.807) is 18.4 Å². The number of carbonyl (C=O) groups is 1. The summed E-state index contributed by atoms with van der Waals surface area (Å²) >= 11 is 1.55. The molecule has 0 radical (unpaired) electrons. The zero-order valence-corrected chi connectivity index (χ0v) is 12.4. The van der Waals surface area contributed by atoms with Crippen LogP contribution in [0.2, 0.25) is 0 Å². The van der Waals surface area contributed by atoms with Crippen molar-refractivity contribution in [1.82, 2.24) is 4.98 Å². The molecular formula is C15H17NO3S. The van der Waals surface area contributed by atoms with Crippen LogP contribution in [0.1, 0.15) is 22.6 Å². The zero-order chi connectivity index (χ0) is 14.5. The number of carboxylic acid groups (broad SMARTS) is 1. The number of hydrogen-bond donors (Lipinski definition) is 1. The van der Waals surface area contributed by atoms with Gasteiger partial charge in [-0.1, -0.05) is 29.8 Å². The summed E-state index contributed by atoms with van der Waals surface area (Å²) < 4.78 is 5.14. The number of thiazole rings is 1. The van der Waals surface area contributed by atoms with Crippen molar-refractivity contribution in [2.24, 2.45) is 0 Å². The molecular weight excluding hydrogens is 274 g/mol. The molecule has 0 saturated carbocycles. The van der Waals surface area contributed by atoms with Gasteiger partial charge in [0.25, 0.3) is 0 Å². The van der Waals surface area contributed by atoms with E-state index in [0.717, 1.165) is 21.1 Å². The van der Waals surface area contributed by atoms with E-state index >= 15 is 0 Å². The maximum absolute atomic E-state index is 10.7. The van der Waals surface area contributed by atoms with Crippen LogP contribution in [0.5, 0.6) is 0 Å². The molecule has 1 aromatic carbocycles. The molecule has 2 rings (SSSR count). The second-order valence-corrected chi connectivity index (χ2v) is 5.67. The van der Waals surface area contributed by atoms with E-state index in [1.165, 1.54) is 5.56 Å². The fourth-order valence-corrected chi connectivity index (χ4v) is 2.94. The average Bonchev–Trinajstić information content (AvgIpc) is 2.81. The van der Waals surface area contributed by atoms with Gasteiger partial charge in [0.2, 0.25) is 0 Å². The number of aromatic nitrogens is 1. The first-order valence-electron chi connectivity index (χ1n) is 6.36. The Hall–Kier alpha value is -1.72. The number of benzene rings is 1. The normalized spacial score (nSPS) is 10.7. The minimum absolute atomic E-state index is 0.117. The highest BCUT2D eigenvalue weighted by molar-refractivity contribution is 7.15. The third-order valence-corrected chi connectivity index (χ3v) is 4.13. The van der Waals surface area contributed by atoms with Crippen molar-refractivity contribution < 1.29 is 14.6 Å². The van der Waals surface area contributed by atoms with Crippen molar-refractivity contribution >= 4 is 17.3 Å². The van der Waals surface area contributed by atoms with E-state index in [1.807, 2.05) is 31.2 Å². The fourth-order valence-electron chi connectivity index (χ4n) is 1.87. The van der Waals surface area contributed by atoms with Crippen LogP contribution >= 0.6 is 11.3 Å². The first-order chi connectivity index (χ1) is 9.60. The summed E-state index contributed by atoms with van der Waals surface area (Å²) in [6, 6.07) is 8.16. The van der Waals surface area contributed by atoms with Crippen LogP contribution in [-0.4, -0.2) is 23.2 Å². The number of rotatable bonds is 6. The Morgan fingerprint density at radius 2 is 2.05 bits per heavy atom. The van der Waals surface area contributed by atoms with Crippen molar-refractivity contribution in [3.8, 4) is 10.6 Å². The van der Waals surface area contributed by atoms with Crippen molar-refractivity contribution in [2.75, 3.05) is 7.11 Å². The van der Waals surface area contributed by atoms with Gasteiger partial charge in [-0.15, -0.1) is 11.3 Å². The first kappa shape index (κ1) is 14.7. The Bertz CT molecular complexity index is 590. The molecule has 0 amide bonds. The van der Waals surface area contributed by atoms with Crippen molar-refractivity contribution in [3.63, 3.8) is 0 Å². The Morgan fingerprint density at radius 1 is 1.35 bits per heavy atom. The number of hydrogen-bond acceptors (Lipinski definition) is 4. The largest absolute Gasteiger partial charge is 0.481 e. The monoisotopic (exact) mass is 291 g/mol. The molecule has 0 aliphatic rings. The van der Waals surface area contributed by atoms with Gasteiger partial charge in [0.05, 0.1) is 18.7 Å². The van der Waals surface area contributed by atoms with Gasteiger partial charge < -0.3 is 9.84 Å². The van der Waals surface area contributed by atoms with Crippen molar-refractivity contribution in [1.29, 1.82) is 0 Å². The second kappa shape index (κ2) is 6.63. The summed E-state index contributed by atoms with van der Waals surface area (Å²) in [4.78, 5) is 16.3. The smallest absolute Gasteiger partial charge is 0.303 e. The lowest BCUT2D eigenvalue weighted by Gasteiger charge is -1.98. The molecule has 0 bridgehead atoms. The number of aryl methyl sites for hydroxylation is 2. The molecule has 0 spiro atoms. The molecule has 1 aromatic heterocycles. The number of aliphatic carboxylic acids is 1. The van der Waals surface area contributed by atoms with Crippen LogP contribution in [0.4, 0.5) is 0 Å². The molecule has 106 valence electrons. The summed E-state index contributed by atoms with van der Waals surface area (Å²) in [7, 11) is 1.62. The summed E-state index contributed by atoms with van der Waals surface area (Å²) in [5, 5.41) is 9.72. The zero-order valence-electron chi connectivity index (χ0n) is 11.5. The van der Waals surface area contributed by atoms with Crippen LogP contribution in [0, 0.1) is 6.92 Å². The van der Waals surface area contributed by atoms with Crippen molar-refractivity contribution in [2.45, 2.75) is 26.4 Å². The Morgan fingerprint density at radius 3 is 2.65 bits per heavy atom. The molecule has 0 aliphatic heterocycles. The standard InChI is InChI=1S/C15H17NO3S/c1-10-3-5-11(6-4-10)15-16-12(9-19-2)13(20-15)7-8-14(17)18/h3-6H,7-9H2,1-2H3,(H,17,18). The average molecular weight is 291 g/mol. The van der Waals surface area contributed by atoms with Crippen molar-refractivity contribution in [3.05, 3.63) is 40.4 Å². The molecule has 2 aromatic rings. The number of carboxylic acids is 1. The first-order valence-corrected chi connectivity index (χ1v) is 7.18. The van der Waals surface area contributed by atoms with Gasteiger partial charge in [0, 0.05) is 17.6 Å². The third-order valence-electron chi connectivity index (χ3n) is 2.92. The van der Waals surface area contributed by atoms with E-state index in [0.29, 0.717) is 13.0 Å². The Balaban J connectivity index is 2.27. The van der Waals surface area contributed by atoms with Gasteiger partial charge in [-0.2, -0.15) is 0 Å². The van der Waals surface area contributed by atoms with Crippen LogP contribution in [0.3, 0.4) is 0 Å². The molecule has 5 heteroatoms. The molecule has 4 nitrogen and oxygen atoms in total. The summed E-state index contributed by atoms with van der Waals surface area (Å²) in [5.74, 6) is -0.793. The Labute approximate surface area is 122 Å². The number of ether oxygens (including phenoxy) is 1. The van der Waals surface area contributed by atoms with Crippen LogP contribution < -0.4 is 0 Å². The SMILES string of the molecule is COCc1nc(-c2ccc(C)cc2)sc1CCC(=O)O. The van der Waals surface area contributed by atoms with Gasteiger partial charge in [-0.3, -0.25) is 4.79 Å². The minimum Gasteiger partial charge on any atom is -0.481 e. The molecule has 0 saturated heterocycles.